The minimum atomic E-state index is -4.33. The van der Waals surface area contributed by atoms with Crippen molar-refractivity contribution in [1.82, 2.24) is 9.29 Å². The Morgan fingerprint density at radius 1 is 1.29 bits per heavy atom. The summed E-state index contributed by atoms with van der Waals surface area (Å²) in [4.78, 5) is 3.81. The highest BCUT2D eigenvalue weighted by molar-refractivity contribution is 7.89. The Morgan fingerprint density at radius 3 is 2.58 bits per heavy atom. The van der Waals surface area contributed by atoms with E-state index in [9.17, 15) is 21.6 Å². The van der Waals surface area contributed by atoms with Crippen LogP contribution in [0.5, 0.6) is 0 Å². The van der Waals surface area contributed by atoms with Crippen molar-refractivity contribution in [3.63, 3.8) is 0 Å². The minimum absolute atomic E-state index is 0.0117. The smallest absolute Gasteiger partial charge is 0.381 e. The molecule has 0 saturated carbocycles. The molecular formula is C15H19F3N2O3S. The molecule has 2 saturated heterocycles. The van der Waals surface area contributed by atoms with Crippen LogP contribution in [0.4, 0.5) is 13.2 Å². The Balaban J connectivity index is 1.92. The topological polar surface area (TPSA) is 59.5 Å². The molecule has 1 aromatic rings. The van der Waals surface area contributed by atoms with Crippen molar-refractivity contribution in [3.8, 4) is 0 Å². The van der Waals surface area contributed by atoms with Gasteiger partial charge in [-0.1, -0.05) is 0 Å². The Bertz CT molecular complexity index is 673. The molecule has 0 N–H and O–H groups in total. The van der Waals surface area contributed by atoms with Gasteiger partial charge in [-0.3, -0.25) is 4.98 Å². The molecule has 2 aliphatic heterocycles. The molecule has 0 aliphatic carbocycles. The summed E-state index contributed by atoms with van der Waals surface area (Å²) in [6.07, 6.45) is -1.44. The SMILES string of the molecule is O=S(=O)(c1cccnc1)N1CCC(C(F)(F)F)C2(CCOCC2)C1. The third-order valence-electron chi connectivity index (χ3n) is 5.05. The molecule has 1 aromatic heterocycles. The fourth-order valence-electron chi connectivity index (χ4n) is 3.77. The number of piperidine rings is 1. The fraction of sp³-hybridized carbons (Fsp3) is 0.667. The molecule has 3 rings (SSSR count). The molecule has 9 heteroatoms. The van der Waals surface area contributed by atoms with E-state index >= 15 is 0 Å². The van der Waals surface area contributed by atoms with Gasteiger partial charge in [0.05, 0.1) is 5.92 Å². The van der Waals surface area contributed by atoms with Crippen molar-refractivity contribution in [2.24, 2.45) is 11.3 Å². The van der Waals surface area contributed by atoms with E-state index < -0.39 is 27.5 Å². The lowest BCUT2D eigenvalue weighted by molar-refractivity contribution is -0.231. The summed E-state index contributed by atoms with van der Waals surface area (Å²) in [6, 6.07) is 2.91. The van der Waals surface area contributed by atoms with E-state index in [1.54, 1.807) is 0 Å². The number of rotatable bonds is 2. The number of hydrogen-bond donors (Lipinski definition) is 0. The van der Waals surface area contributed by atoms with Gasteiger partial charge < -0.3 is 4.74 Å². The van der Waals surface area contributed by atoms with Crippen LogP contribution in [0.15, 0.2) is 29.4 Å². The van der Waals surface area contributed by atoms with Gasteiger partial charge in [0, 0.05) is 44.1 Å². The van der Waals surface area contributed by atoms with Gasteiger partial charge in [-0.2, -0.15) is 17.5 Å². The van der Waals surface area contributed by atoms with E-state index in [-0.39, 0.29) is 50.5 Å². The van der Waals surface area contributed by atoms with Crippen LogP contribution in [-0.4, -0.2) is 50.2 Å². The van der Waals surface area contributed by atoms with Crippen LogP contribution in [0.1, 0.15) is 19.3 Å². The van der Waals surface area contributed by atoms with Crippen LogP contribution < -0.4 is 0 Å². The first-order valence-electron chi connectivity index (χ1n) is 7.80. The number of nitrogens with zero attached hydrogens (tertiary/aromatic N) is 2. The highest BCUT2D eigenvalue weighted by Crippen LogP contribution is 2.51. The molecule has 5 nitrogen and oxygen atoms in total. The third kappa shape index (κ3) is 3.16. The summed E-state index contributed by atoms with van der Waals surface area (Å²) < 4.78 is 72.4. The maximum Gasteiger partial charge on any atom is 0.392 e. The summed E-state index contributed by atoms with van der Waals surface area (Å²) >= 11 is 0. The van der Waals surface area contributed by atoms with Gasteiger partial charge in [0.1, 0.15) is 4.90 Å². The number of alkyl halides is 3. The van der Waals surface area contributed by atoms with Crippen LogP contribution in [0.3, 0.4) is 0 Å². The lowest BCUT2D eigenvalue weighted by atomic mass is 9.66. The minimum Gasteiger partial charge on any atom is -0.381 e. The summed E-state index contributed by atoms with van der Waals surface area (Å²) in [6.45, 7) is 0.197. The average Bonchev–Trinajstić information content (AvgIpc) is 2.55. The number of sulfonamides is 1. The van der Waals surface area contributed by atoms with E-state index in [0.29, 0.717) is 0 Å². The van der Waals surface area contributed by atoms with E-state index in [1.165, 1.54) is 28.8 Å². The van der Waals surface area contributed by atoms with Crippen molar-refractivity contribution in [1.29, 1.82) is 0 Å². The summed E-state index contributed by atoms with van der Waals surface area (Å²) in [7, 11) is -3.84. The van der Waals surface area contributed by atoms with Crippen LogP contribution >= 0.6 is 0 Å². The zero-order valence-electron chi connectivity index (χ0n) is 13.0. The van der Waals surface area contributed by atoms with Crippen molar-refractivity contribution in [3.05, 3.63) is 24.5 Å². The second kappa shape index (κ2) is 6.27. The zero-order chi connectivity index (χ0) is 17.4. The molecule has 0 radical (unpaired) electrons. The molecule has 0 amide bonds. The van der Waals surface area contributed by atoms with Gasteiger partial charge >= 0.3 is 6.18 Å². The highest BCUT2D eigenvalue weighted by atomic mass is 32.2. The first-order valence-corrected chi connectivity index (χ1v) is 9.24. The Morgan fingerprint density at radius 2 is 2.00 bits per heavy atom. The third-order valence-corrected chi connectivity index (χ3v) is 6.88. The van der Waals surface area contributed by atoms with Gasteiger partial charge in [0.25, 0.3) is 0 Å². The molecule has 1 spiro atoms. The molecule has 1 atom stereocenters. The second-order valence-corrected chi connectivity index (χ2v) is 8.32. The molecule has 1 unspecified atom stereocenters. The van der Waals surface area contributed by atoms with Crippen LogP contribution in [0, 0.1) is 11.3 Å². The first-order chi connectivity index (χ1) is 11.3. The van der Waals surface area contributed by atoms with E-state index in [1.807, 2.05) is 0 Å². The predicted octanol–water partition coefficient (Wildman–Crippen LogP) is 2.45. The highest BCUT2D eigenvalue weighted by Gasteiger charge is 2.57. The lowest BCUT2D eigenvalue weighted by Crippen LogP contribution is -2.56. The summed E-state index contributed by atoms with van der Waals surface area (Å²) in [5.74, 6) is -1.49. The lowest BCUT2D eigenvalue weighted by Gasteiger charge is -2.50. The molecule has 0 aromatic carbocycles. The van der Waals surface area contributed by atoms with E-state index in [0.717, 1.165) is 0 Å². The van der Waals surface area contributed by atoms with Crippen molar-refractivity contribution in [2.75, 3.05) is 26.3 Å². The first kappa shape index (κ1) is 17.6. The standard InChI is InChI=1S/C15H19F3N2O3S/c16-15(17,18)13-3-7-20(11-14(13)4-8-23-9-5-14)24(21,22)12-2-1-6-19-10-12/h1-2,6,10,13H,3-5,7-9,11H2. The number of hydrogen-bond acceptors (Lipinski definition) is 4. The van der Waals surface area contributed by atoms with Gasteiger partial charge in [0.15, 0.2) is 0 Å². The number of halogens is 3. The molecule has 0 bridgehead atoms. The van der Waals surface area contributed by atoms with Gasteiger partial charge in [0.2, 0.25) is 10.0 Å². The molecule has 24 heavy (non-hydrogen) atoms. The van der Waals surface area contributed by atoms with Gasteiger partial charge in [-0.25, -0.2) is 8.42 Å². The molecule has 2 fully saturated rings. The number of aromatic nitrogens is 1. The van der Waals surface area contributed by atoms with Crippen molar-refractivity contribution in [2.45, 2.75) is 30.3 Å². The maximum atomic E-state index is 13.5. The number of pyridine rings is 1. The summed E-state index contributed by atoms with van der Waals surface area (Å²) in [5, 5.41) is 0. The monoisotopic (exact) mass is 364 g/mol. The zero-order valence-corrected chi connectivity index (χ0v) is 13.8. The number of ether oxygens (including phenoxy) is 1. The van der Waals surface area contributed by atoms with E-state index in [2.05, 4.69) is 4.98 Å². The van der Waals surface area contributed by atoms with Crippen LogP contribution in [0.25, 0.3) is 0 Å². The van der Waals surface area contributed by atoms with Crippen LogP contribution in [-0.2, 0) is 14.8 Å². The molecule has 3 heterocycles. The Kier molecular flexibility index (Phi) is 4.61. The molecule has 134 valence electrons. The Labute approximate surface area is 138 Å². The average molecular weight is 364 g/mol. The molecule has 2 aliphatic rings. The molecular weight excluding hydrogens is 345 g/mol. The maximum absolute atomic E-state index is 13.5. The van der Waals surface area contributed by atoms with Gasteiger partial charge in [-0.15, -0.1) is 0 Å². The van der Waals surface area contributed by atoms with Crippen LogP contribution in [0.2, 0.25) is 0 Å². The fourth-order valence-corrected chi connectivity index (χ4v) is 5.28. The van der Waals surface area contributed by atoms with Crippen molar-refractivity contribution >= 4 is 10.0 Å². The normalized spacial score (nSPS) is 25.7. The predicted molar refractivity (Wildman–Crippen MR) is 79.6 cm³/mol. The van der Waals surface area contributed by atoms with Crippen molar-refractivity contribution < 1.29 is 26.3 Å². The quantitative estimate of drug-likeness (QED) is 0.809. The Hall–Kier alpha value is -1.19. The van der Waals surface area contributed by atoms with Gasteiger partial charge in [-0.05, 0) is 31.4 Å². The summed E-state index contributed by atoms with van der Waals surface area (Å²) in [5.41, 5.74) is -1.11. The largest absolute Gasteiger partial charge is 0.392 e. The second-order valence-electron chi connectivity index (χ2n) is 6.38. The van der Waals surface area contributed by atoms with E-state index in [4.69, 9.17) is 4.74 Å².